The number of rotatable bonds is 4. The molecule has 4 nitrogen and oxygen atoms in total. The molecule has 2 heterocycles. The Bertz CT molecular complexity index is 625. The van der Waals surface area contributed by atoms with E-state index in [1.54, 1.807) is 0 Å². The SMILES string of the molecule is O=C(CC(c1ccc(F)cc1)C1CCCCC1)N1CCC2(CC1)OCCO2. The van der Waals surface area contributed by atoms with Gasteiger partial charge in [0.1, 0.15) is 5.82 Å². The second-order valence-corrected chi connectivity index (χ2v) is 8.25. The number of benzene rings is 1. The molecule has 1 spiro atoms. The number of halogens is 1. The van der Waals surface area contributed by atoms with Crippen LogP contribution in [0.1, 0.15) is 62.8 Å². The Morgan fingerprint density at radius 1 is 1.07 bits per heavy atom. The van der Waals surface area contributed by atoms with Gasteiger partial charge in [-0.3, -0.25) is 4.79 Å². The summed E-state index contributed by atoms with van der Waals surface area (Å²) in [4.78, 5) is 15.0. The number of hydrogen-bond acceptors (Lipinski definition) is 3. The van der Waals surface area contributed by atoms with E-state index in [2.05, 4.69) is 0 Å². The van der Waals surface area contributed by atoms with E-state index in [-0.39, 0.29) is 17.6 Å². The van der Waals surface area contributed by atoms with Gasteiger partial charge in [0.15, 0.2) is 5.79 Å². The van der Waals surface area contributed by atoms with Crippen LogP contribution in [-0.2, 0) is 14.3 Å². The average molecular weight is 375 g/mol. The maximum Gasteiger partial charge on any atom is 0.223 e. The van der Waals surface area contributed by atoms with Crippen LogP contribution < -0.4 is 0 Å². The van der Waals surface area contributed by atoms with E-state index in [0.717, 1.165) is 18.4 Å². The molecule has 4 rings (SSSR count). The van der Waals surface area contributed by atoms with Crippen molar-refractivity contribution in [1.82, 2.24) is 4.90 Å². The molecule has 0 N–H and O–H groups in total. The van der Waals surface area contributed by atoms with Crippen LogP contribution in [0.2, 0.25) is 0 Å². The van der Waals surface area contributed by atoms with E-state index in [1.165, 1.54) is 44.2 Å². The molecule has 148 valence electrons. The molecular formula is C22H30FNO3. The maximum atomic E-state index is 13.4. The fraction of sp³-hybridized carbons (Fsp3) is 0.682. The second kappa shape index (κ2) is 8.27. The molecule has 0 bridgehead atoms. The number of carbonyl (C=O) groups is 1. The standard InChI is InChI=1S/C22H30FNO3/c23-19-8-6-18(7-9-19)20(17-4-2-1-3-5-17)16-21(25)24-12-10-22(11-13-24)26-14-15-27-22/h6-9,17,20H,1-5,10-16H2. The summed E-state index contributed by atoms with van der Waals surface area (Å²) in [5.41, 5.74) is 1.10. The van der Waals surface area contributed by atoms with Gasteiger partial charge in [0.2, 0.25) is 5.91 Å². The first-order chi connectivity index (χ1) is 13.2. The third-order valence-corrected chi connectivity index (χ3v) is 6.60. The second-order valence-electron chi connectivity index (χ2n) is 8.25. The Morgan fingerprint density at radius 3 is 2.33 bits per heavy atom. The van der Waals surface area contributed by atoms with Crippen molar-refractivity contribution in [3.8, 4) is 0 Å². The van der Waals surface area contributed by atoms with Crippen molar-refractivity contribution in [2.45, 2.75) is 63.1 Å². The highest BCUT2D eigenvalue weighted by atomic mass is 19.1. The van der Waals surface area contributed by atoms with Crippen LogP contribution in [0, 0.1) is 11.7 Å². The highest BCUT2D eigenvalue weighted by molar-refractivity contribution is 5.77. The smallest absolute Gasteiger partial charge is 0.223 e. The number of ether oxygens (including phenoxy) is 2. The molecule has 27 heavy (non-hydrogen) atoms. The Kier molecular flexibility index (Phi) is 5.79. The third kappa shape index (κ3) is 4.35. The van der Waals surface area contributed by atoms with E-state index >= 15 is 0 Å². The van der Waals surface area contributed by atoms with Crippen molar-refractivity contribution in [2.75, 3.05) is 26.3 Å². The number of amides is 1. The minimum atomic E-state index is -0.448. The minimum Gasteiger partial charge on any atom is -0.347 e. The normalized spacial score (nSPS) is 24.3. The number of nitrogens with zero attached hydrogens (tertiary/aromatic N) is 1. The summed E-state index contributed by atoms with van der Waals surface area (Å²) < 4.78 is 24.9. The van der Waals surface area contributed by atoms with Gasteiger partial charge in [-0.15, -0.1) is 0 Å². The molecule has 2 aliphatic heterocycles. The van der Waals surface area contributed by atoms with Crippen LogP contribution in [0.4, 0.5) is 4.39 Å². The Morgan fingerprint density at radius 2 is 1.70 bits per heavy atom. The summed E-state index contributed by atoms with van der Waals surface area (Å²) in [7, 11) is 0. The summed E-state index contributed by atoms with van der Waals surface area (Å²) >= 11 is 0. The first-order valence-corrected chi connectivity index (χ1v) is 10.5. The Hall–Kier alpha value is -1.46. The van der Waals surface area contributed by atoms with Crippen LogP contribution >= 0.6 is 0 Å². The molecule has 1 saturated carbocycles. The van der Waals surface area contributed by atoms with Gasteiger partial charge in [-0.2, -0.15) is 0 Å². The molecule has 5 heteroatoms. The zero-order valence-electron chi connectivity index (χ0n) is 16.0. The van der Waals surface area contributed by atoms with Gasteiger partial charge in [0.25, 0.3) is 0 Å². The summed E-state index contributed by atoms with van der Waals surface area (Å²) in [6, 6.07) is 6.78. The van der Waals surface area contributed by atoms with Gasteiger partial charge in [0.05, 0.1) is 13.2 Å². The number of hydrogen-bond donors (Lipinski definition) is 0. The Labute approximate surface area is 161 Å². The first-order valence-electron chi connectivity index (χ1n) is 10.5. The molecule has 1 amide bonds. The fourth-order valence-electron chi connectivity index (χ4n) is 5.00. The number of piperidine rings is 1. The van der Waals surface area contributed by atoms with Crippen LogP contribution in [0.3, 0.4) is 0 Å². The van der Waals surface area contributed by atoms with Gasteiger partial charge in [-0.1, -0.05) is 31.4 Å². The lowest BCUT2D eigenvalue weighted by Crippen LogP contribution is -2.47. The lowest BCUT2D eigenvalue weighted by molar-refractivity contribution is -0.187. The quantitative estimate of drug-likeness (QED) is 0.790. The van der Waals surface area contributed by atoms with E-state index in [1.807, 2.05) is 17.0 Å². The first kappa shape index (κ1) is 18.9. The molecule has 1 atom stereocenters. The summed E-state index contributed by atoms with van der Waals surface area (Å²) in [6.45, 7) is 2.70. The van der Waals surface area contributed by atoms with Gasteiger partial charge >= 0.3 is 0 Å². The molecule has 3 aliphatic rings. The molecule has 0 radical (unpaired) electrons. The van der Waals surface area contributed by atoms with E-state index in [9.17, 15) is 9.18 Å². The zero-order chi connectivity index (χ0) is 18.7. The van der Waals surface area contributed by atoms with Crippen LogP contribution in [-0.4, -0.2) is 42.9 Å². The molecule has 1 aromatic carbocycles. The minimum absolute atomic E-state index is 0.188. The van der Waals surface area contributed by atoms with E-state index < -0.39 is 5.79 Å². The van der Waals surface area contributed by atoms with E-state index in [4.69, 9.17) is 9.47 Å². The highest BCUT2D eigenvalue weighted by Crippen LogP contribution is 2.39. The largest absolute Gasteiger partial charge is 0.347 e. The van der Waals surface area contributed by atoms with Crippen molar-refractivity contribution in [3.63, 3.8) is 0 Å². The van der Waals surface area contributed by atoms with E-state index in [0.29, 0.717) is 38.6 Å². The predicted molar refractivity (Wildman–Crippen MR) is 101 cm³/mol. The average Bonchev–Trinajstić information content (AvgIpc) is 3.16. The lowest BCUT2D eigenvalue weighted by Gasteiger charge is -2.39. The summed E-state index contributed by atoms with van der Waals surface area (Å²) in [6.07, 6.45) is 8.11. The third-order valence-electron chi connectivity index (χ3n) is 6.60. The fourth-order valence-corrected chi connectivity index (χ4v) is 5.00. The maximum absolute atomic E-state index is 13.4. The van der Waals surface area contributed by atoms with Crippen molar-refractivity contribution >= 4 is 5.91 Å². The molecule has 1 aromatic rings. The Balaban J connectivity index is 1.42. The van der Waals surface area contributed by atoms with Crippen molar-refractivity contribution in [3.05, 3.63) is 35.6 Å². The summed E-state index contributed by atoms with van der Waals surface area (Å²) in [5, 5.41) is 0. The monoisotopic (exact) mass is 375 g/mol. The van der Waals surface area contributed by atoms with Crippen LogP contribution in [0.5, 0.6) is 0 Å². The van der Waals surface area contributed by atoms with Gasteiger partial charge in [-0.05, 0) is 42.4 Å². The molecule has 1 unspecified atom stereocenters. The molecule has 2 saturated heterocycles. The predicted octanol–water partition coefficient (Wildman–Crippen LogP) is 4.25. The van der Waals surface area contributed by atoms with Gasteiger partial charge in [0, 0.05) is 32.4 Å². The highest BCUT2D eigenvalue weighted by Gasteiger charge is 2.41. The van der Waals surface area contributed by atoms with Crippen molar-refractivity contribution < 1.29 is 18.7 Å². The molecule has 1 aliphatic carbocycles. The lowest BCUT2D eigenvalue weighted by atomic mass is 9.75. The molecule has 0 aromatic heterocycles. The van der Waals surface area contributed by atoms with Crippen LogP contribution in [0.25, 0.3) is 0 Å². The molecule has 3 fully saturated rings. The zero-order valence-corrected chi connectivity index (χ0v) is 16.0. The van der Waals surface area contributed by atoms with Crippen molar-refractivity contribution in [2.24, 2.45) is 5.92 Å². The number of likely N-dealkylation sites (tertiary alicyclic amines) is 1. The van der Waals surface area contributed by atoms with Crippen LogP contribution in [0.15, 0.2) is 24.3 Å². The molecular weight excluding hydrogens is 345 g/mol. The topological polar surface area (TPSA) is 38.8 Å². The van der Waals surface area contributed by atoms with Crippen molar-refractivity contribution in [1.29, 1.82) is 0 Å². The van der Waals surface area contributed by atoms with Gasteiger partial charge < -0.3 is 14.4 Å². The summed E-state index contributed by atoms with van der Waals surface area (Å²) in [5.74, 6) is 0.253. The number of carbonyl (C=O) groups excluding carboxylic acids is 1. The van der Waals surface area contributed by atoms with Gasteiger partial charge in [-0.25, -0.2) is 4.39 Å².